The normalized spacial score (nSPS) is 11.3. The van der Waals surface area contributed by atoms with Gasteiger partial charge in [0.15, 0.2) is 0 Å². The average Bonchev–Trinajstić information content (AvgIpc) is 2.38. The van der Waals surface area contributed by atoms with E-state index in [0.717, 1.165) is 20.9 Å². The van der Waals surface area contributed by atoms with Gasteiger partial charge < -0.3 is 11.1 Å². The smallest absolute Gasteiger partial charge is 0.236 e. The van der Waals surface area contributed by atoms with Gasteiger partial charge in [-0.1, -0.05) is 40.3 Å². The third-order valence-corrected chi connectivity index (χ3v) is 4.25. The lowest BCUT2D eigenvalue weighted by Crippen LogP contribution is -2.41. The van der Waals surface area contributed by atoms with Gasteiger partial charge in [0.1, 0.15) is 0 Å². The summed E-state index contributed by atoms with van der Waals surface area (Å²) in [6.45, 7) is 3.42. The number of halogens is 1. The van der Waals surface area contributed by atoms with Gasteiger partial charge in [-0.3, -0.25) is 4.79 Å². The molecule has 5 heteroatoms. The second-order valence-electron chi connectivity index (χ2n) is 5.15. The third kappa shape index (κ3) is 2.99. The summed E-state index contributed by atoms with van der Waals surface area (Å²) in [4.78, 5) is 12.4. The predicted molar refractivity (Wildman–Crippen MR) is 90.8 cm³/mol. The van der Waals surface area contributed by atoms with Crippen LogP contribution in [0.2, 0.25) is 0 Å². The van der Waals surface area contributed by atoms with Crippen LogP contribution in [0.25, 0.3) is 10.8 Å². The van der Waals surface area contributed by atoms with Crippen molar-refractivity contribution in [3.05, 3.63) is 40.9 Å². The molecule has 0 saturated carbocycles. The molecule has 0 unspecified atom stereocenters. The molecule has 1 amide bonds. The molecule has 0 fully saturated rings. The topological polar surface area (TPSA) is 55.1 Å². The Hall–Kier alpha value is -1.46. The number of hydrogen-bond donors (Lipinski definition) is 2. The van der Waals surface area contributed by atoms with Crippen LogP contribution in [0.1, 0.15) is 13.8 Å². The van der Waals surface area contributed by atoms with Crippen molar-refractivity contribution < 1.29 is 4.79 Å². The molecule has 0 atom stereocenters. The van der Waals surface area contributed by atoms with E-state index in [-0.39, 0.29) is 10.9 Å². The lowest BCUT2D eigenvalue weighted by atomic mass is 9.92. The molecule has 20 heavy (non-hydrogen) atoms. The fourth-order valence-electron chi connectivity index (χ4n) is 1.69. The summed E-state index contributed by atoms with van der Waals surface area (Å²) in [5.74, 6) is -0.207. The van der Waals surface area contributed by atoms with E-state index in [2.05, 4.69) is 21.2 Å². The first-order chi connectivity index (χ1) is 9.30. The number of nitrogens with one attached hydrogen (secondary N) is 1. The molecule has 3 nitrogen and oxygen atoms in total. The van der Waals surface area contributed by atoms with Gasteiger partial charge in [-0.05, 0) is 48.9 Å². The Bertz CT molecular complexity index is 697. The molecular formula is C15H15BrN2OS. The van der Waals surface area contributed by atoms with Crippen molar-refractivity contribution in [2.75, 3.05) is 5.32 Å². The number of carbonyl (C=O) groups excluding carboxylic acids is 1. The summed E-state index contributed by atoms with van der Waals surface area (Å²) in [6, 6.07) is 11.7. The van der Waals surface area contributed by atoms with Gasteiger partial charge in [-0.2, -0.15) is 0 Å². The van der Waals surface area contributed by atoms with Crippen LogP contribution in [0.15, 0.2) is 40.9 Å². The summed E-state index contributed by atoms with van der Waals surface area (Å²) < 4.78 is 1.02. The van der Waals surface area contributed by atoms with Crippen molar-refractivity contribution in [2.45, 2.75) is 13.8 Å². The number of hydrogen-bond acceptors (Lipinski definition) is 2. The molecule has 0 aliphatic rings. The quantitative estimate of drug-likeness (QED) is 0.826. The highest BCUT2D eigenvalue weighted by atomic mass is 79.9. The summed E-state index contributed by atoms with van der Waals surface area (Å²) in [7, 11) is 0. The van der Waals surface area contributed by atoms with Crippen molar-refractivity contribution >= 4 is 55.5 Å². The molecule has 0 bridgehead atoms. The van der Waals surface area contributed by atoms with Crippen LogP contribution in [0.4, 0.5) is 5.69 Å². The largest absolute Gasteiger partial charge is 0.392 e. The van der Waals surface area contributed by atoms with Crippen LogP contribution >= 0.6 is 28.1 Å². The van der Waals surface area contributed by atoms with Gasteiger partial charge in [0, 0.05) is 10.2 Å². The van der Waals surface area contributed by atoms with E-state index in [1.54, 1.807) is 13.8 Å². The molecule has 0 spiro atoms. The molecule has 0 radical (unpaired) electrons. The average molecular weight is 351 g/mol. The Morgan fingerprint density at radius 3 is 2.45 bits per heavy atom. The molecular weight excluding hydrogens is 336 g/mol. The third-order valence-electron chi connectivity index (χ3n) is 3.24. The van der Waals surface area contributed by atoms with Crippen LogP contribution in [0.3, 0.4) is 0 Å². The molecule has 0 heterocycles. The second kappa shape index (κ2) is 5.50. The first-order valence-corrected chi connectivity index (χ1v) is 7.31. The van der Waals surface area contributed by atoms with Gasteiger partial charge in [0.25, 0.3) is 0 Å². The number of benzene rings is 2. The number of anilines is 1. The van der Waals surface area contributed by atoms with Crippen molar-refractivity contribution in [3.63, 3.8) is 0 Å². The summed E-state index contributed by atoms with van der Waals surface area (Å²) >= 11 is 8.36. The van der Waals surface area contributed by atoms with Gasteiger partial charge >= 0.3 is 0 Å². The number of thiocarbonyl (C=S) groups is 1. The zero-order valence-electron chi connectivity index (χ0n) is 11.2. The monoisotopic (exact) mass is 350 g/mol. The Labute approximate surface area is 131 Å². The van der Waals surface area contributed by atoms with E-state index < -0.39 is 5.41 Å². The van der Waals surface area contributed by atoms with Crippen molar-refractivity contribution in [3.8, 4) is 0 Å². The van der Waals surface area contributed by atoms with E-state index >= 15 is 0 Å². The lowest BCUT2D eigenvalue weighted by molar-refractivity contribution is -0.121. The highest BCUT2D eigenvalue weighted by Gasteiger charge is 2.30. The fourth-order valence-corrected chi connectivity index (χ4v) is 2.17. The predicted octanol–water partition coefficient (Wildman–Crippen LogP) is 3.85. The van der Waals surface area contributed by atoms with Crippen LogP contribution in [-0.2, 0) is 4.79 Å². The number of fused-ring (bicyclic) bond motifs is 1. The van der Waals surface area contributed by atoms with Gasteiger partial charge in [0.2, 0.25) is 5.91 Å². The molecule has 3 N–H and O–H groups in total. The highest BCUT2D eigenvalue weighted by molar-refractivity contribution is 9.10. The van der Waals surface area contributed by atoms with Crippen LogP contribution < -0.4 is 11.1 Å². The molecule has 2 aromatic carbocycles. The molecule has 0 saturated heterocycles. The summed E-state index contributed by atoms with van der Waals surface area (Å²) in [5, 5.41) is 5.01. The minimum Gasteiger partial charge on any atom is -0.392 e. The molecule has 2 aromatic rings. The first kappa shape index (κ1) is 14.9. The molecule has 104 valence electrons. The van der Waals surface area contributed by atoms with E-state index in [0.29, 0.717) is 0 Å². The van der Waals surface area contributed by atoms with Crippen LogP contribution in [0, 0.1) is 5.41 Å². The number of rotatable bonds is 3. The van der Waals surface area contributed by atoms with Crippen molar-refractivity contribution in [1.82, 2.24) is 0 Å². The minimum absolute atomic E-state index is 0.180. The molecule has 0 aromatic heterocycles. The fraction of sp³-hybridized carbons (Fsp3) is 0.200. The maximum Gasteiger partial charge on any atom is 0.236 e. The number of nitrogens with two attached hydrogens (primary N) is 1. The maximum absolute atomic E-state index is 12.2. The minimum atomic E-state index is -0.871. The Balaban J connectivity index is 2.29. The summed E-state index contributed by atoms with van der Waals surface area (Å²) in [5.41, 5.74) is 5.46. The van der Waals surface area contributed by atoms with Crippen LogP contribution in [0.5, 0.6) is 0 Å². The van der Waals surface area contributed by atoms with E-state index in [4.69, 9.17) is 18.0 Å². The molecule has 0 aliphatic heterocycles. The zero-order valence-corrected chi connectivity index (χ0v) is 13.6. The Morgan fingerprint density at radius 2 is 1.80 bits per heavy atom. The van der Waals surface area contributed by atoms with Gasteiger partial charge in [-0.25, -0.2) is 0 Å². The number of carbonyl (C=O) groups is 1. The van der Waals surface area contributed by atoms with Crippen molar-refractivity contribution in [2.24, 2.45) is 11.1 Å². The maximum atomic E-state index is 12.2. The van der Waals surface area contributed by atoms with Crippen molar-refractivity contribution in [1.29, 1.82) is 0 Å². The molecule has 2 rings (SSSR count). The highest BCUT2D eigenvalue weighted by Crippen LogP contribution is 2.24. The standard InChI is InChI=1S/C15H15BrN2OS/c1-15(2,13(17)20)14(19)18-12-6-4-9-7-11(16)5-3-10(9)8-12/h3-8H,1-2H3,(H2,17,20)(H,18,19). The first-order valence-electron chi connectivity index (χ1n) is 6.11. The lowest BCUT2D eigenvalue weighted by Gasteiger charge is -2.22. The Kier molecular flexibility index (Phi) is 4.11. The van der Waals surface area contributed by atoms with E-state index in [9.17, 15) is 4.79 Å². The SMILES string of the molecule is CC(C)(C(=O)Nc1ccc2cc(Br)ccc2c1)C(N)=S. The van der Waals surface area contributed by atoms with Crippen LogP contribution in [-0.4, -0.2) is 10.9 Å². The second-order valence-corrected chi connectivity index (χ2v) is 6.51. The van der Waals surface area contributed by atoms with E-state index in [1.165, 1.54) is 0 Å². The summed E-state index contributed by atoms with van der Waals surface area (Å²) in [6.07, 6.45) is 0. The Morgan fingerprint density at radius 1 is 1.20 bits per heavy atom. The molecule has 0 aliphatic carbocycles. The van der Waals surface area contributed by atoms with Gasteiger partial charge in [0.05, 0.1) is 10.4 Å². The van der Waals surface area contributed by atoms with E-state index in [1.807, 2.05) is 36.4 Å². The number of amides is 1. The zero-order chi connectivity index (χ0) is 14.9. The van der Waals surface area contributed by atoms with Gasteiger partial charge in [-0.15, -0.1) is 0 Å².